The van der Waals surface area contributed by atoms with Crippen LogP contribution in [0.15, 0.2) is 24.3 Å². The number of nitrogens with zero attached hydrogens (tertiary/aromatic N) is 1. The van der Waals surface area contributed by atoms with Gasteiger partial charge in [-0.1, -0.05) is 17.7 Å². The number of rotatable bonds is 2. The van der Waals surface area contributed by atoms with Crippen LogP contribution in [0.5, 0.6) is 0 Å². The first-order valence-electron chi connectivity index (χ1n) is 4.02. The standard InChI is InChI=1S/C9H5ClF2INS/c10-6-2-1-3-7-5(6)4-8(9(11)12)14(7)15-13/h1-4,9H. The van der Waals surface area contributed by atoms with Crippen LogP contribution >= 0.6 is 41.9 Å². The van der Waals surface area contributed by atoms with E-state index in [9.17, 15) is 8.78 Å². The normalized spacial score (nSPS) is 11.5. The van der Waals surface area contributed by atoms with Crippen molar-refractivity contribution in [2.24, 2.45) is 0 Å². The molecule has 1 nitrogen and oxygen atoms in total. The molecule has 6 heteroatoms. The molecule has 2 aromatic rings. The quantitative estimate of drug-likeness (QED) is 0.677. The van der Waals surface area contributed by atoms with Crippen molar-refractivity contribution in [2.45, 2.75) is 6.43 Å². The lowest BCUT2D eigenvalue weighted by molar-refractivity contribution is 0.146. The predicted molar refractivity (Wildman–Crippen MR) is 68.9 cm³/mol. The van der Waals surface area contributed by atoms with E-state index in [1.807, 2.05) is 21.2 Å². The first-order valence-corrected chi connectivity index (χ1v) is 7.71. The Labute approximate surface area is 106 Å². The van der Waals surface area contributed by atoms with Crippen LogP contribution in [0.2, 0.25) is 5.02 Å². The average Bonchev–Trinajstić information content (AvgIpc) is 2.57. The summed E-state index contributed by atoms with van der Waals surface area (Å²) in [4.78, 5) is 0. The Bertz CT molecular complexity index is 500. The highest BCUT2D eigenvalue weighted by Crippen LogP contribution is 2.36. The third kappa shape index (κ3) is 1.97. The molecule has 0 bridgehead atoms. The number of hydrogen-bond donors (Lipinski definition) is 0. The summed E-state index contributed by atoms with van der Waals surface area (Å²) in [6.45, 7) is 0. The molecule has 0 unspecified atom stereocenters. The van der Waals surface area contributed by atoms with Crippen molar-refractivity contribution in [2.75, 3.05) is 0 Å². The van der Waals surface area contributed by atoms with Crippen LogP contribution in [0.3, 0.4) is 0 Å². The van der Waals surface area contributed by atoms with Crippen molar-refractivity contribution in [1.29, 1.82) is 0 Å². The Morgan fingerprint density at radius 1 is 1.40 bits per heavy atom. The van der Waals surface area contributed by atoms with E-state index in [-0.39, 0.29) is 5.69 Å². The van der Waals surface area contributed by atoms with Gasteiger partial charge in [-0.25, -0.2) is 8.78 Å². The van der Waals surface area contributed by atoms with Crippen molar-refractivity contribution in [3.8, 4) is 0 Å². The van der Waals surface area contributed by atoms with Gasteiger partial charge in [-0.05, 0) is 18.2 Å². The minimum atomic E-state index is -2.49. The summed E-state index contributed by atoms with van der Waals surface area (Å²) in [5.41, 5.74) is 0.703. The molecule has 0 atom stereocenters. The molecule has 0 saturated heterocycles. The van der Waals surface area contributed by atoms with Gasteiger partial charge in [0.05, 0.1) is 11.2 Å². The second-order valence-electron chi connectivity index (χ2n) is 2.91. The van der Waals surface area contributed by atoms with E-state index in [2.05, 4.69) is 0 Å². The topological polar surface area (TPSA) is 4.93 Å². The summed E-state index contributed by atoms with van der Waals surface area (Å²) < 4.78 is 26.9. The average molecular weight is 360 g/mol. The van der Waals surface area contributed by atoms with Crippen LogP contribution in [-0.4, -0.2) is 3.97 Å². The fraction of sp³-hybridized carbons (Fsp3) is 0.111. The number of halogens is 4. The van der Waals surface area contributed by atoms with Gasteiger partial charge >= 0.3 is 0 Å². The molecule has 80 valence electrons. The van der Waals surface area contributed by atoms with E-state index in [0.29, 0.717) is 10.4 Å². The Kier molecular flexibility index (Phi) is 3.42. The van der Waals surface area contributed by atoms with E-state index in [4.69, 9.17) is 11.6 Å². The highest BCUT2D eigenvalue weighted by atomic mass is 127. The smallest absolute Gasteiger partial charge is 0.273 e. The lowest BCUT2D eigenvalue weighted by Crippen LogP contribution is -1.91. The number of fused-ring (bicyclic) bond motifs is 1. The molecular formula is C9H5ClF2INS. The highest BCUT2D eigenvalue weighted by Gasteiger charge is 2.17. The summed E-state index contributed by atoms with van der Waals surface area (Å²) in [5.74, 6) is 0. The summed E-state index contributed by atoms with van der Waals surface area (Å²) in [6.07, 6.45) is -2.49. The van der Waals surface area contributed by atoms with Gasteiger partial charge in [0.1, 0.15) is 0 Å². The van der Waals surface area contributed by atoms with Gasteiger partial charge in [0.25, 0.3) is 6.43 Å². The maximum atomic E-state index is 12.7. The zero-order valence-corrected chi connectivity index (χ0v) is 11.0. The Morgan fingerprint density at radius 3 is 2.73 bits per heavy atom. The third-order valence-electron chi connectivity index (χ3n) is 2.07. The molecule has 0 aliphatic heterocycles. The Morgan fingerprint density at radius 2 is 2.13 bits per heavy atom. The van der Waals surface area contributed by atoms with Gasteiger partial charge in [-0.15, -0.1) is 0 Å². The molecule has 0 saturated carbocycles. The number of hydrogen-bond acceptors (Lipinski definition) is 1. The largest absolute Gasteiger partial charge is 0.279 e. The Hall–Kier alpha value is -0.0100. The van der Waals surface area contributed by atoms with Gasteiger partial charge in [0, 0.05) is 40.7 Å². The van der Waals surface area contributed by atoms with E-state index in [0.717, 1.165) is 5.52 Å². The lowest BCUT2D eigenvalue weighted by atomic mass is 10.2. The van der Waals surface area contributed by atoms with Gasteiger partial charge in [0.15, 0.2) is 0 Å². The van der Waals surface area contributed by atoms with Gasteiger partial charge < -0.3 is 0 Å². The van der Waals surface area contributed by atoms with E-state index >= 15 is 0 Å². The van der Waals surface area contributed by atoms with Gasteiger partial charge in [-0.2, -0.15) is 0 Å². The fourth-order valence-electron chi connectivity index (χ4n) is 1.42. The molecule has 0 spiro atoms. The first-order chi connectivity index (χ1) is 7.15. The maximum Gasteiger partial charge on any atom is 0.279 e. The maximum absolute atomic E-state index is 12.7. The molecule has 2 rings (SSSR count). The molecule has 0 aliphatic rings. The van der Waals surface area contributed by atoms with Crippen LogP contribution in [0.25, 0.3) is 10.9 Å². The monoisotopic (exact) mass is 359 g/mol. The first kappa shape index (κ1) is 11.5. The molecule has 1 aromatic carbocycles. The molecular weight excluding hydrogens is 355 g/mol. The fourth-order valence-corrected chi connectivity index (χ4v) is 3.41. The molecule has 0 fully saturated rings. The van der Waals surface area contributed by atoms with Gasteiger partial charge in [-0.3, -0.25) is 3.97 Å². The second-order valence-corrected chi connectivity index (χ2v) is 5.00. The minimum absolute atomic E-state index is 0.0162. The summed E-state index contributed by atoms with van der Waals surface area (Å²) in [5, 5.41) is 1.16. The van der Waals surface area contributed by atoms with Crippen LogP contribution < -0.4 is 0 Å². The number of benzene rings is 1. The van der Waals surface area contributed by atoms with Crippen LogP contribution in [0.1, 0.15) is 12.1 Å². The number of aromatic nitrogens is 1. The van der Waals surface area contributed by atoms with Crippen molar-refractivity contribution in [3.05, 3.63) is 35.0 Å². The zero-order chi connectivity index (χ0) is 11.0. The van der Waals surface area contributed by atoms with Crippen molar-refractivity contribution in [3.63, 3.8) is 0 Å². The number of alkyl halides is 2. The van der Waals surface area contributed by atoms with E-state index in [1.165, 1.54) is 19.2 Å². The highest BCUT2D eigenvalue weighted by molar-refractivity contribution is 14.2. The van der Waals surface area contributed by atoms with Crippen molar-refractivity contribution >= 4 is 52.8 Å². The summed E-state index contributed by atoms with van der Waals surface area (Å²) in [7, 11) is 1.22. The SMILES string of the molecule is FC(F)c1cc2c(Cl)cccc2n1SI. The molecule has 0 amide bonds. The van der Waals surface area contributed by atoms with E-state index < -0.39 is 6.43 Å². The molecule has 0 aliphatic carbocycles. The lowest BCUT2D eigenvalue weighted by Gasteiger charge is -2.03. The van der Waals surface area contributed by atoms with Crippen LogP contribution in [0.4, 0.5) is 8.78 Å². The van der Waals surface area contributed by atoms with E-state index in [1.54, 1.807) is 18.2 Å². The second kappa shape index (κ2) is 4.47. The molecule has 1 aromatic heterocycles. The van der Waals surface area contributed by atoms with Crippen LogP contribution in [0, 0.1) is 0 Å². The third-order valence-corrected chi connectivity index (χ3v) is 4.12. The predicted octanol–water partition coefficient (Wildman–Crippen LogP) is 5.08. The zero-order valence-electron chi connectivity index (χ0n) is 7.25. The summed E-state index contributed by atoms with van der Waals surface area (Å²) >= 11 is 7.91. The van der Waals surface area contributed by atoms with Crippen LogP contribution in [-0.2, 0) is 0 Å². The molecule has 0 N–H and O–H groups in total. The van der Waals surface area contributed by atoms with Crippen molar-refractivity contribution in [1.82, 2.24) is 3.97 Å². The molecule has 1 heterocycles. The molecule has 15 heavy (non-hydrogen) atoms. The summed E-state index contributed by atoms with van der Waals surface area (Å²) in [6, 6.07) is 6.66. The van der Waals surface area contributed by atoms with Gasteiger partial charge in [0.2, 0.25) is 0 Å². The van der Waals surface area contributed by atoms with Crippen molar-refractivity contribution < 1.29 is 8.78 Å². The Balaban J connectivity index is 2.78. The minimum Gasteiger partial charge on any atom is -0.273 e. The molecule has 0 radical (unpaired) electrons.